The summed E-state index contributed by atoms with van der Waals surface area (Å²) in [6.45, 7) is 7.74. The van der Waals surface area contributed by atoms with Gasteiger partial charge in [0.1, 0.15) is 0 Å². The Balaban J connectivity index is 0.00000312. The fourth-order valence-corrected chi connectivity index (χ4v) is 4.44. The van der Waals surface area contributed by atoms with Crippen molar-refractivity contribution in [2.75, 3.05) is 37.7 Å². The number of hydrogen-bond donors (Lipinski definition) is 2. The van der Waals surface area contributed by atoms with Gasteiger partial charge in [-0.3, -0.25) is 9.59 Å². The Morgan fingerprint density at radius 3 is 2.76 bits per heavy atom. The number of piperidine rings is 1. The number of nitrogens with zero attached hydrogens (tertiary/aromatic N) is 1. The predicted molar refractivity (Wildman–Crippen MR) is 107 cm³/mol. The van der Waals surface area contributed by atoms with Crippen LogP contribution >= 0.6 is 24.2 Å². The summed E-state index contributed by atoms with van der Waals surface area (Å²) in [6.07, 6.45) is 5.34. The lowest BCUT2D eigenvalue weighted by Gasteiger charge is -2.33. The molecule has 2 heterocycles. The van der Waals surface area contributed by atoms with E-state index in [1.165, 1.54) is 6.42 Å². The second-order valence-electron chi connectivity index (χ2n) is 7.48. The van der Waals surface area contributed by atoms with Crippen molar-refractivity contribution < 1.29 is 9.59 Å². The molecule has 0 aromatic carbocycles. The Morgan fingerprint density at radius 2 is 2.08 bits per heavy atom. The maximum Gasteiger partial charge on any atom is 0.237 e. The first-order valence-electron chi connectivity index (χ1n) is 9.43. The van der Waals surface area contributed by atoms with Gasteiger partial charge in [-0.2, -0.15) is 11.8 Å². The summed E-state index contributed by atoms with van der Waals surface area (Å²) in [6, 6.07) is -0.0105. The standard InChI is InChI=1S/C18H33N3O2S.ClH/c1-14(2)7-10-24-13-17(22)21-9-4-5-15(12-21)11-20-18(23)16-6-3-8-19-16;/h14-16,19H,3-13H2,1-2H3,(H,20,23);1H. The van der Waals surface area contributed by atoms with Gasteiger partial charge in [0.15, 0.2) is 0 Å². The van der Waals surface area contributed by atoms with E-state index in [1.807, 2.05) is 4.90 Å². The summed E-state index contributed by atoms with van der Waals surface area (Å²) in [5.41, 5.74) is 0. The van der Waals surface area contributed by atoms with Crippen molar-refractivity contribution in [3.05, 3.63) is 0 Å². The second kappa shape index (κ2) is 12.0. The lowest BCUT2D eigenvalue weighted by molar-refractivity contribution is -0.130. The van der Waals surface area contributed by atoms with Crippen LogP contribution in [-0.4, -0.2) is 60.4 Å². The third-order valence-electron chi connectivity index (χ3n) is 4.88. The van der Waals surface area contributed by atoms with Crippen molar-refractivity contribution in [2.24, 2.45) is 11.8 Å². The molecule has 25 heavy (non-hydrogen) atoms. The van der Waals surface area contributed by atoms with Crippen molar-refractivity contribution in [3.63, 3.8) is 0 Å². The number of rotatable bonds is 8. The van der Waals surface area contributed by atoms with Crippen LogP contribution in [0, 0.1) is 11.8 Å². The number of hydrogen-bond acceptors (Lipinski definition) is 4. The molecule has 0 aliphatic carbocycles. The summed E-state index contributed by atoms with van der Waals surface area (Å²) in [7, 11) is 0. The van der Waals surface area contributed by atoms with Crippen LogP contribution in [0.1, 0.15) is 46.0 Å². The lowest BCUT2D eigenvalue weighted by Crippen LogP contribution is -2.47. The lowest BCUT2D eigenvalue weighted by atomic mass is 9.98. The molecule has 7 heteroatoms. The van der Waals surface area contributed by atoms with Crippen LogP contribution in [0.5, 0.6) is 0 Å². The van der Waals surface area contributed by atoms with Gasteiger partial charge in [-0.05, 0) is 56.2 Å². The first-order chi connectivity index (χ1) is 11.6. The quantitative estimate of drug-likeness (QED) is 0.623. The van der Waals surface area contributed by atoms with E-state index in [0.29, 0.717) is 24.1 Å². The average molecular weight is 392 g/mol. The molecule has 5 nitrogen and oxygen atoms in total. The zero-order valence-electron chi connectivity index (χ0n) is 15.6. The second-order valence-corrected chi connectivity index (χ2v) is 8.58. The molecule has 0 aromatic rings. The molecule has 2 N–H and O–H groups in total. The van der Waals surface area contributed by atoms with E-state index in [4.69, 9.17) is 0 Å². The van der Waals surface area contributed by atoms with Gasteiger partial charge in [0.2, 0.25) is 11.8 Å². The molecule has 0 saturated carbocycles. The van der Waals surface area contributed by atoms with Crippen LogP contribution in [0.15, 0.2) is 0 Å². The number of likely N-dealkylation sites (tertiary alicyclic amines) is 1. The number of carbonyl (C=O) groups is 2. The maximum absolute atomic E-state index is 12.3. The highest BCUT2D eigenvalue weighted by atomic mass is 35.5. The van der Waals surface area contributed by atoms with Crippen molar-refractivity contribution in [1.29, 1.82) is 0 Å². The molecule has 2 unspecified atom stereocenters. The zero-order chi connectivity index (χ0) is 17.4. The van der Waals surface area contributed by atoms with Crippen LogP contribution in [0.3, 0.4) is 0 Å². The molecule has 0 aromatic heterocycles. The van der Waals surface area contributed by atoms with E-state index >= 15 is 0 Å². The molecule has 2 fully saturated rings. The van der Waals surface area contributed by atoms with Crippen LogP contribution in [0.25, 0.3) is 0 Å². The summed E-state index contributed by atoms with van der Waals surface area (Å²) in [4.78, 5) is 26.4. The van der Waals surface area contributed by atoms with E-state index in [0.717, 1.165) is 51.1 Å². The number of halogens is 1. The van der Waals surface area contributed by atoms with Crippen LogP contribution in [-0.2, 0) is 9.59 Å². The minimum absolute atomic E-state index is 0. The van der Waals surface area contributed by atoms with Crippen molar-refractivity contribution in [2.45, 2.75) is 52.0 Å². The Labute approximate surface area is 162 Å². The maximum atomic E-state index is 12.3. The third kappa shape index (κ3) is 8.18. The Kier molecular flexibility index (Phi) is 10.9. The van der Waals surface area contributed by atoms with Gasteiger partial charge in [-0.15, -0.1) is 12.4 Å². The number of nitrogens with one attached hydrogen (secondary N) is 2. The summed E-state index contributed by atoms with van der Waals surface area (Å²) >= 11 is 1.75. The normalized spacial score (nSPS) is 23.4. The number of carbonyl (C=O) groups excluding carboxylic acids is 2. The van der Waals surface area contributed by atoms with Crippen molar-refractivity contribution >= 4 is 36.0 Å². The molecule has 0 radical (unpaired) electrons. The van der Waals surface area contributed by atoms with Crippen LogP contribution in [0.4, 0.5) is 0 Å². The van der Waals surface area contributed by atoms with Crippen LogP contribution in [0.2, 0.25) is 0 Å². The fourth-order valence-electron chi connectivity index (χ4n) is 3.30. The SMILES string of the molecule is CC(C)CCSCC(=O)N1CCCC(CNC(=O)C2CCCN2)C1.Cl. The van der Waals surface area contributed by atoms with Crippen molar-refractivity contribution in [3.8, 4) is 0 Å². The molecule has 2 saturated heterocycles. The molecule has 0 spiro atoms. The van der Waals surface area contributed by atoms with Gasteiger partial charge < -0.3 is 15.5 Å². The smallest absolute Gasteiger partial charge is 0.237 e. The molecule has 2 aliphatic rings. The highest BCUT2D eigenvalue weighted by Gasteiger charge is 2.26. The van der Waals surface area contributed by atoms with Gasteiger partial charge in [0, 0.05) is 19.6 Å². The fraction of sp³-hybridized carbons (Fsp3) is 0.889. The van der Waals surface area contributed by atoms with Gasteiger partial charge >= 0.3 is 0 Å². The van der Waals surface area contributed by atoms with E-state index < -0.39 is 0 Å². The molecule has 2 atom stereocenters. The monoisotopic (exact) mass is 391 g/mol. The highest BCUT2D eigenvalue weighted by Crippen LogP contribution is 2.18. The predicted octanol–water partition coefficient (Wildman–Crippen LogP) is 2.29. The Morgan fingerprint density at radius 1 is 1.28 bits per heavy atom. The topological polar surface area (TPSA) is 61.4 Å². The van der Waals surface area contributed by atoms with E-state index in [9.17, 15) is 9.59 Å². The molecule has 146 valence electrons. The highest BCUT2D eigenvalue weighted by molar-refractivity contribution is 7.99. The molecule has 2 amide bonds. The zero-order valence-corrected chi connectivity index (χ0v) is 17.2. The molecular weight excluding hydrogens is 358 g/mol. The van der Waals surface area contributed by atoms with E-state index in [2.05, 4.69) is 24.5 Å². The van der Waals surface area contributed by atoms with Gasteiger partial charge in [-0.25, -0.2) is 0 Å². The minimum atomic E-state index is -0.0105. The van der Waals surface area contributed by atoms with Gasteiger partial charge in [0.25, 0.3) is 0 Å². The van der Waals surface area contributed by atoms with Crippen LogP contribution < -0.4 is 10.6 Å². The molecule has 2 aliphatic heterocycles. The number of thioether (sulfide) groups is 1. The first kappa shape index (κ1) is 22.6. The number of amides is 2. The molecule has 0 bridgehead atoms. The summed E-state index contributed by atoms with van der Waals surface area (Å²) < 4.78 is 0. The van der Waals surface area contributed by atoms with E-state index in [1.54, 1.807) is 11.8 Å². The van der Waals surface area contributed by atoms with Gasteiger partial charge in [0.05, 0.1) is 11.8 Å². The minimum Gasteiger partial charge on any atom is -0.354 e. The van der Waals surface area contributed by atoms with E-state index in [-0.39, 0.29) is 30.3 Å². The molecular formula is C18H34ClN3O2S. The average Bonchev–Trinajstić information content (AvgIpc) is 3.11. The third-order valence-corrected chi connectivity index (χ3v) is 5.85. The summed E-state index contributed by atoms with van der Waals surface area (Å²) in [5.74, 6) is 3.14. The van der Waals surface area contributed by atoms with Crippen molar-refractivity contribution in [1.82, 2.24) is 15.5 Å². The largest absolute Gasteiger partial charge is 0.354 e. The van der Waals surface area contributed by atoms with Gasteiger partial charge in [-0.1, -0.05) is 13.8 Å². The summed E-state index contributed by atoms with van der Waals surface area (Å²) in [5, 5.41) is 6.30. The molecule has 2 rings (SSSR count). The Hall–Kier alpha value is -0.460. The Bertz CT molecular complexity index is 417. The first-order valence-corrected chi connectivity index (χ1v) is 10.6.